The predicted molar refractivity (Wildman–Crippen MR) is 69.2 cm³/mol. The number of rotatable bonds is 4. The average Bonchev–Trinajstić information content (AvgIpc) is 2.80. The van der Waals surface area contributed by atoms with Gasteiger partial charge in [0.2, 0.25) is 0 Å². The minimum Gasteiger partial charge on any atom is -0.477 e. The van der Waals surface area contributed by atoms with Crippen molar-refractivity contribution in [3.05, 3.63) is 50.9 Å². The van der Waals surface area contributed by atoms with Crippen molar-refractivity contribution < 1.29 is 19.6 Å². The van der Waals surface area contributed by atoms with Crippen molar-refractivity contribution in [1.82, 2.24) is 0 Å². The van der Waals surface area contributed by atoms with Gasteiger partial charge in [-0.25, -0.2) is 4.79 Å². The number of carbonyl (C=O) groups is 1. The zero-order valence-corrected chi connectivity index (χ0v) is 10.6. The van der Waals surface area contributed by atoms with Crippen molar-refractivity contribution in [2.75, 3.05) is 0 Å². The number of nitro benzene ring substituents is 1. The molecular weight excluding hydrogens is 270 g/mol. The van der Waals surface area contributed by atoms with E-state index in [1.165, 1.54) is 24.3 Å². The van der Waals surface area contributed by atoms with E-state index in [4.69, 9.17) is 9.84 Å². The molecule has 19 heavy (non-hydrogen) atoms. The fourth-order valence-corrected chi connectivity index (χ4v) is 2.17. The molecule has 6 nitrogen and oxygen atoms in total. The molecule has 0 spiro atoms. The molecule has 2 rings (SSSR count). The molecule has 0 aliphatic heterocycles. The summed E-state index contributed by atoms with van der Waals surface area (Å²) in [6.45, 7) is 1.69. The molecule has 1 heterocycles. The van der Waals surface area contributed by atoms with Crippen molar-refractivity contribution in [1.29, 1.82) is 0 Å². The molecule has 0 saturated carbocycles. The summed E-state index contributed by atoms with van der Waals surface area (Å²) < 4.78 is 5.51. The highest BCUT2D eigenvalue weighted by atomic mass is 32.1. The molecule has 1 aromatic heterocycles. The van der Waals surface area contributed by atoms with Gasteiger partial charge in [0.25, 0.3) is 5.69 Å². The summed E-state index contributed by atoms with van der Waals surface area (Å²) in [6.07, 6.45) is 0. The van der Waals surface area contributed by atoms with Gasteiger partial charge >= 0.3 is 5.97 Å². The first-order valence-corrected chi connectivity index (χ1v) is 6.05. The lowest BCUT2D eigenvalue weighted by molar-refractivity contribution is -0.384. The molecule has 1 aromatic carbocycles. The summed E-state index contributed by atoms with van der Waals surface area (Å²) in [6, 6.07) is 7.24. The number of carboxylic acid groups (broad SMARTS) is 1. The maximum absolute atomic E-state index is 10.7. The SMILES string of the molecule is Cc1cc([N+](=O)[O-])ccc1Oc1ccc(C(=O)O)s1. The van der Waals surface area contributed by atoms with Crippen LogP contribution in [0.5, 0.6) is 10.8 Å². The zero-order chi connectivity index (χ0) is 14.0. The van der Waals surface area contributed by atoms with E-state index in [1.807, 2.05) is 0 Å². The minimum atomic E-state index is -1.01. The van der Waals surface area contributed by atoms with Gasteiger partial charge in [-0.1, -0.05) is 11.3 Å². The van der Waals surface area contributed by atoms with Crippen LogP contribution in [0.3, 0.4) is 0 Å². The molecule has 2 aromatic rings. The third-order valence-corrected chi connectivity index (χ3v) is 3.32. The first kappa shape index (κ1) is 13.0. The Morgan fingerprint density at radius 1 is 1.37 bits per heavy atom. The molecule has 0 bridgehead atoms. The van der Waals surface area contributed by atoms with E-state index in [0.29, 0.717) is 16.4 Å². The van der Waals surface area contributed by atoms with Gasteiger partial charge in [-0.05, 0) is 30.7 Å². The van der Waals surface area contributed by atoms with Gasteiger partial charge in [-0.15, -0.1) is 0 Å². The highest BCUT2D eigenvalue weighted by Crippen LogP contribution is 2.32. The van der Waals surface area contributed by atoms with Crippen LogP contribution >= 0.6 is 11.3 Å². The van der Waals surface area contributed by atoms with Crippen molar-refractivity contribution in [2.45, 2.75) is 6.92 Å². The second-order valence-electron chi connectivity index (χ2n) is 3.73. The highest BCUT2D eigenvalue weighted by molar-refractivity contribution is 7.15. The van der Waals surface area contributed by atoms with Gasteiger partial charge in [0.05, 0.1) is 4.92 Å². The monoisotopic (exact) mass is 279 g/mol. The van der Waals surface area contributed by atoms with Crippen LogP contribution in [-0.2, 0) is 0 Å². The number of hydrogen-bond donors (Lipinski definition) is 1. The fraction of sp³-hybridized carbons (Fsp3) is 0.0833. The highest BCUT2D eigenvalue weighted by Gasteiger charge is 2.12. The molecule has 1 N–H and O–H groups in total. The summed E-state index contributed by atoms with van der Waals surface area (Å²) >= 11 is 0.999. The number of nitro groups is 1. The smallest absolute Gasteiger partial charge is 0.345 e. The fourth-order valence-electron chi connectivity index (χ4n) is 1.46. The Morgan fingerprint density at radius 3 is 2.63 bits per heavy atom. The number of carboxylic acids is 1. The molecule has 7 heteroatoms. The van der Waals surface area contributed by atoms with Gasteiger partial charge in [0.15, 0.2) is 5.06 Å². The largest absolute Gasteiger partial charge is 0.477 e. The molecular formula is C12H9NO5S. The molecule has 0 atom stereocenters. The van der Waals surface area contributed by atoms with E-state index in [0.717, 1.165) is 11.3 Å². The lowest BCUT2D eigenvalue weighted by Gasteiger charge is -2.05. The van der Waals surface area contributed by atoms with Crippen LogP contribution in [0.15, 0.2) is 30.3 Å². The summed E-state index contributed by atoms with van der Waals surface area (Å²) in [5, 5.41) is 19.8. The normalized spacial score (nSPS) is 10.2. The number of aryl methyl sites for hydroxylation is 1. The molecule has 0 aliphatic rings. The number of ether oxygens (including phenoxy) is 1. The first-order valence-electron chi connectivity index (χ1n) is 5.23. The van der Waals surface area contributed by atoms with E-state index in [2.05, 4.69) is 0 Å². The van der Waals surface area contributed by atoms with Gasteiger partial charge in [-0.3, -0.25) is 10.1 Å². The average molecular weight is 279 g/mol. The number of hydrogen-bond acceptors (Lipinski definition) is 5. The maximum atomic E-state index is 10.7. The molecule has 0 amide bonds. The quantitative estimate of drug-likeness (QED) is 0.683. The zero-order valence-electron chi connectivity index (χ0n) is 9.82. The van der Waals surface area contributed by atoms with Gasteiger partial charge in [0, 0.05) is 12.1 Å². The molecule has 0 fully saturated rings. The molecule has 98 valence electrons. The van der Waals surface area contributed by atoms with Crippen LogP contribution in [0.25, 0.3) is 0 Å². The standard InChI is InChI=1S/C12H9NO5S/c1-7-6-8(13(16)17)2-3-9(7)18-11-5-4-10(19-11)12(14)15/h2-6H,1H3,(H,14,15). The van der Waals surface area contributed by atoms with Crippen molar-refractivity contribution in [3.63, 3.8) is 0 Å². The van der Waals surface area contributed by atoms with Crippen molar-refractivity contribution in [3.8, 4) is 10.8 Å². The third kappa shape index (κ3) is 2.89. The number of thiophene rings is 1. The second kappa shape index (κ2) is 5.07. The number of benzene rings is 1. The summed E-state index contributed by atoms with van der Waals surface area (Å²) in [5.74, 6) is -0.551. The van der Waals surface area contributed by atoms with Gasteiger partial charge in [-0.2, -0.15) is 0 Å². The van der Waals surface area contributed by atoms with E-state index >= 15 is 0 Å². The van der Waals surface area contributed by atoms with Crippen LogP contribution in [0.2, 0.25) is 0 Å². The van der Waals surface area contributed by atoms with Gasteiger partial charge in [0.1, 0.15) is 10.6 Å². The van der Waals surface area contributed by atoms with Crippen LogP contribution in [-0.4, -0.2) is 16.0 Å². The lowest BCUT2D eigenvalue weighted by Crippen LogP contribution is -1.91. The summed E-state index contributed by atoms with van der Waals surface area (Å²) in [4.78, 5) is 21.0. The Balaban J connectivity index is 2.23. The van der Waals surface area contributed by atoms with E-state index < -0.39 is 10.9 Å². The number of aromatic carboxylic acids is 1. The Kier molecular flexibility index (Phi) is 3.48. The predicted octanol–water partition coefficient (Wildman–Crippen LogP) is 3.46. The molecule has 0 unspecified atom stereocenters. The summed E-state index contributed by atoms with van der Waals surface area (Å²) in [5.41, 5.74) is 0.599. The number of nitrogens with zero attached hydrogens (tertiary/aromatic N) is 1. The van der Waals surface area contributed by atoms with Crippen LogP contribution in [0.1, 0.15) is 15.2 Å². The Hall–Kier alpha value is -2.41. The number of non-ortho nitro benzene ring substituents is 1. The molecule has 0 saturated heterocycles. The minimum absolute atomic E-state index is 0.0118. The second-order valence-corrected chi connectivity index (χ2v) is 4.78. The van der Waals surface area contributed by atoms with E-state index in [-0.39, 0.29) is 10.6 Å². The summed E-state index contributed by atoms with van der Waals surface area (Å²) in [7, 11) is 0. The van der Waals surface area contributed by atoms with Crippen LogP contribution in [0, 0.1) is 17.0 Å². The van der Waals surface area contributed by atoms with Crippen LogP contribution < -0.4 is 4.74 Å². The first-order chi connectivity index (χ1) is 8.97. The topological polar surface area (TPSA) is 89.7 Å². The van der Waals surface area contributed by atoms with E-state index in [1.54, 1.807) is 13.0 Å². The Bertz CT molecular complexity index is 649. The maximum Gasteiger partial charge on any atom is 0.345 e. The molecule has 0 aliphatic carbocycles. The van der Waals surface area contributed by atoms with Crippen LogP contribution in [0.4, 0.5) is 5.69 Å². The Morgan fingerprint density at radius 2 is 2.11 bits per heavy atom. The third-order valence-electron chi connectivity index (χ3n) is 2.37. The Labute approximate surface area is 112 Å². The lowest BCUT2D eigenvalue weighted by atomic mass is 10.2. The van der Waals surface area contributed by atoms with Gasteiger partial charge < -0.3 is 9.84 Å². The molecule has 0 radical (unpaired) electrons. The van der Waals surface area contributed by atoms with Crippen molar-refractivity contribution in [2.24, 2.45) is 0 Å². The van der Waals surface area contributed by atoms with Crippen molar-refractivity contribution >= 4 is 23.0 Å². The van der Waals surface area contributed by atoms with E-state index in [9.17, 15) is 14.9 Å².